The normalized spacial score (nSPS) is 18.5. The van der Waals surface area contributed by atoms with E-state index in [-0.39, 0.29) is 0 Å². The molecule has 0 aromatic heterocycles. The highest BCUT2D eigenvalue weighted by atomic mass is 32.2. The van der Waals surface area contributed by atoms with E-state index in [2.05, 4.69) is 5.32 Å². The van der Waals surface area contributed by atoms with Crippen molar-refractivity contribution in [1.82, 2.24) is 5.32 Å². The molecule has 1 saturated carbocycles. The zero-order chi connectivity index (χ0) is 10.4. The van der Waals surface area contributed by atoms with E-state index in [1.54, 1.807) is 0 Å². The SMILES string of the molecule is CS/C(=C\[N+](=O)[O-])NCC1CCCC1. The van der Waals surface area contributed by atoms with Crippen molar-refractivity contribution >= 4 is 11.8 Å². The second kappa shape index (κ2) is 5.90. The van der Waals surface area contributed by atoms with Crippen molar-refractivity contribution in [3.63, 3.8) is 0 Å². The highest BCUT2D eigenvalue weighted by Crippen LogP contribution is 2.24. The van der Waals surface area contributed by atoms with E-state index in [1.165, 1.54) is 37.4 Å². The summed E-state index contributed by atoms with van der Waals surface area (Å²) in [6, 6.07) is 0. The van der Waals surface area contributed by atoms with Crippen LogP contribution in [0.5, 0.6) is 0 Å². The van der Waals surface area contributed by atoms with Crippen LogP contribution in [0.3, 0.4) is 0 Å². The highest BCUT2D eigenvalue weighted by Gasteiger charge is 2.15. The molecular formula is C9H16N2O2S. The molecule has 1 rings (SSSR count). The maximum absolute atomic E-state index is 10.2. The molecule has 1 aliphatic rings. The Bertz CT molecular complexity index is 225. The zero-order valence-electron chi connectivity index (χ0n) is 8.36. The fraction of sp³-hybridized carbons (Fsp3) is 0.778. The minimum absolute atomic E-state index is 0.409. The summed E-state index contributed by atoms with van der Waals surface area (Å²) in [7, 11) is 0. The monoisotopic (exact) mass is 216 g/mol. The molecule has 0 heterocycles. The average molecular weight is 216 g/mol. The number of hydrogen-bond donors (Lipinski definition) is 1. The highest BCUT2D eigenvalue weighted by molar-refractivity contribution is 8.02. The van der Waals surface area contributed by atoms with E-state index in [0.29, 0.717) is 10.9 Å². The van der Waals surface area contributed by atoms with Crippen molar-refractivity contribution in [2.45, 2.75) is 25.7 Å². The Labute approximate surface area is 88.3 Å². The summed E-state index contributed by atoms with van der Waals surface area (Å²) in [5, 5.41) is 14.0. The van der Waals surface area contributed by atoms with E-state index in [9.17, 15) is 10.1 Å². The molecule has 0 aromatic carbocycles. The Morgan fingerprint density at radius 1 is 1.64 bits per heavy atom. The molecule has 0 amide bonds. The van der Waals surface area contributed by atoms with Gasteiger partial charge in [0.1, 0.15) is 5.03 Å². The third kappa shape index (κ3) is 4.00. The largest absolute Gasteiger partial charge is 0.375 e. The van der Waals surface area contributed by atoms with Crippen LogP contribution in [0.2, 0.25) is 0 Å². The number of nitrogens with zero attached hydrogens (tertiary/aromatic N) is 1. The first-order valence-electron chi connectivity index (χ1n) is 4.85. The maximum Gasteiger partial charge on any atom is 0.263 e. The zero-order valence-corrected chi connectivity index (χ0v) is 9.18. The lowest BCUT2D eigenvalue weighted by atomic mass is 10.1. The van der Waals surface area contributed by atoms with Crippen molar-refractivity contribution in [3.05, 3.63) is 21.3 Å². The molecule has 1 N–H and O–H groups in total. The van der Waals surface area contributed by atoms with Crippen LogP contribution in [-0.2, 0) is 0 Å². The number of hydrogen-bond acceptors (Lipinski definition) is 4. The predicted molar refractivity (Wildman–Crippen MR) is 58.6 cm³/mol. The van der Waals surface area contributed by atoms with Crippen molar-refractivity contribution in [1.29, 1.82) is 0 Å². The Morgan fingerprint density at radius 3 is 2.79 bits per heavy atom. The Balaban J connectivity index is 2.29. The molecule has 0 bridgehead atoms. The standard InChI is InChI=1S/C9H16N2O2S/c1-14-9(7-11(12)13)10-6-8-4-2-3-5-8/h7-8,10H,2-6H2,1H3/b9-7-. The lowest BCUT2D eigenvalue weighted by molar-refractivity contribution is -0.403. The average Bonchev–Trinajstić information content (AvgIpc) is 2.64. The van der Waals surface area contributed by atoms with E-state index >= 15 is 0 Å². The molecule has 0 aromatic rings. The van der Waals surface area contributed by atoms with E-state index < -0.39 is 4.92 Å². The van der Waals surface area contributed by atoms with Crippen LogP contribution in [-0.4, -0.2) is 17.7 Å². The van der Waals surface area contributed by atoms with Crippen LogP contribution in [0.15, 0.2) is 11.2 Å². The summed E-state index contributed by atoms with van der Waals surface area (Å²) in [5.41, 5.74) is 0. The molecule has 1 fully saturated rings. The quantitative estimate of drug-likeness (QED) is 0.565. The summed E-state index contributed by atoms with van der Waals surface area (Å²) in [6.45, 7) is 0.876. The van der Waals surface area contributed by atoms with Gasteiger partial charge in [-0.3, -0.25) is 10.1 Å². The van der Waals surface area contributed by atoms with Crippen molar-refractivity contribution < 1.29 is 4.92 Å². The first kappa shape index (κ1) is 11.4. The molecule has 80 valence electrons. The maximum atomic E-state index is 10.2. The van der Waals surface area contributed by atoms with Crippen LogP contribution in [0, 0.1) is 16.0 Å². The molecule has 0 radical (unpaired) electrons. The second-order valence-corrected chi connectivity index (χ2v) is 4.36. The Hall–Kier alpha value is -0.710. The van der Waals surface area contributed by atoms with Gasteiger partial charge in [0.15, 0.2) is 0 Å². The van der Waals surface area contributed by atoms with E-state index in [1.807, 2.05) is 6.26 Å². The smallest absolute Gasteiger partial charge is 0.263 e. The Kier molecular flexibility index (Phi) is 4.79. The van der Waals surface area contributed by atoms with Gasteiger partial charge in [0.05, 0.1) is 4.92 Å². The van der Waals surface area contributed by atoms with Crippen molar-refractivity contribution in [2.24, 2.45) is 5.92 Å². The number of thioether (sulfide) groups is 1. The van der Waals surface area contributed by atoms with Gasteiger partial charge in [-0.2, -0.15) is 0 Å². The van der Waals surface area contributed by atoms with Gasteiger partial charge in [0.25, 0.3) is 6.20 Å². The lowest BCUT2D eigenvalue weighted by Crippen LogP contribution is -2.19. The fourth-order valence-electron chi connectivity index (χ4n) is 1.73. The van der Waals surface area contributed by atoms with Crippen LogP contribution in [0.4, 0.5) is 0 Å². The van der Waals surface area contributed by atoms with Crippen LogP contribution < -0.4 is 5.32 Å². The topological polar surface area (TPSA) is 55.2 Å². The van der Waals surface area contributed by atoms with Gasteiger partial charge in [0.2, 0.25) is 0 Å². The predicted octanol–water partition coefficient (Wildman–Crippen LogP) is 2.20. The van der Waals surface area contributed by atoms with Crippen LogP contribution >= 0.6 is 11.8 Å². The minimum atomic E-state index is -0.409. The molecule has 14 heavy (non-hydrogen) atoms. The molecule has 0 aliphatic heterocycles. The molecule has 0 saturated heterocycles. The van der Waals surface area contributed by atoms with Gasteiger partial charge in [0, 0.05) is 6.54 Å². The van der Waals surface area contributed by atoms with Crippen LogP contribution in [0.25, 0.3) is 0 Å². The van der Waals surface area contributed by atoms with Crippen molar-refractivity contribution in [2.75, 3.05) is 12.8 Å². The van der Waals surface area contributed by atoms with Gasteiger partial charge in [-0.15, -0.1) is 11.8 Å². The van der Waals surface area contributed by atoms with Gasteiger partial charge >= 0.3 is 0 Å². The van der Waals surface area contributed by atoms with Crippen molar-refractivity contribution in [3.8, 4) is 0 Å². The number of nitrogens with one attached hydrogen (secondary N) is 1. The fourth-order valence-corrected chi connectivity index (χ4v) is 2.14. The summed E-state index contributed by atoms with van der Waals surface area (Å²) in [5.74, 6) is 0.706. The molecule has 0 unspecified atom stereocenters. The van der Waals surface area contributed by atoms with Gasteiger partial charge < -0.3 is 5.32 Å². The summed E-state index contributed by atoms with van der Waals surface area (Å²) in [4.78, 5) is 9.83. The second-order valence-electron chi connectivity index (χ2n) is 3.51. The molecule has 5 heteroatoms. The third-order valence-corrected chi connectivity index (χ3v) is 3.17. The lowest BCUT2D eigenvalue weighted by Gasteiger charge is -2.11. The first-order valence-corrected chi connectivity index (χ1v) is 6.08. The molecule has 0 atom stereocenters. The van der Waals surface area contributed by atoms with Gasteiger partial charge in [-0.05, 0) is 25.0 Å². The number of rotatable bonds is 5. The minimum Gasteiger partial charge on any atom is -0.375 e. The summed E-state index contributed by atoms with van der Waals surface area (Å²) < 4.78 is 0. The molecule has 0 spiro atoms. The molecule has 1 aliphatic carbocycles. The molecule has 4 nitrogen and oxygen atoms in total. The van der Waals surface area contributed by atoms with E-state index in [0.717, 1.165) is 12.7 Å². The Morgan fingerprint density at radius 2 is 2.29 bits per heavy atom. The first-order chi connectivity index (χ1) is 6.72. The van der Waals surface area contributed by atoms with Crippen LogP contribution in [0.1, 0.15) is 25.7 Å². The third-order valence-electron chi connectivity index (χ3n) is 2.48. The van der Waals surface area contributed by atoms with E-state index in [4.69, 9.17) is 0 Å². The number of nitro groups is 1. The summed E-state index contributed by atoms with van der Waals surface area (Å²) >= 11 is 1.39. The molecular weight excluding hydrogens is 200 g/mol. The van der Waals surface area contributed by atoms with Gasteiger partial charge in [-0.25, -0.2) is 0 Å². The summed E-state index contributed by atoms with van der Waals surface area (Å²) in [6.07, 6.45) is 8.01. The van der Waals surface area contributed by atoms with Gasteiger partial charge in [-0.1, -0.05) is 12.8 Å².